The summed E-state index contributed by atoms with van der Waals surface area (Å²) in [4.78, 5) is 22.2. The van der Waals surface area contributed by atoms with Gasteiger partial charge in [0.1, 0.15) is 6.04 Å². The fraction of sp³-hybridized carbons (Fsp3) is 0.800. The Kier molecular flexibility index (Phi) is 4.61. The van der Waals surface area contributed by atoms with Crippen LogP contribution in [0.15, 0.2) is 0 Å². The summed E-state index contributed by atoms with van der Waals surface area (Å²) in [6.07, 6.45) is 0.249. The van der Waals surface area contributed by atoms with E-state index in [9.17, 15) is 9.59 Å². The summed E-state index contributed by atoms with van der Waals surface area (Å²) in [5.41, 5.74) is 0. The van der Waals surface area contributed by atoms with Crippen LogP contribution in [0.1, 0.15) is 20.3 Å². The smallest absolute Gasteiger partial charge is 0.323 e. The predicted octanol–water partition coefficient (Wildman–Crippen LogP) is 0.534. The van der Waals surface area contributed by atoms with Crippen LogP contribution in [0.4, 0.5) is 0 Å². The van der Waals surface area contributed by atoms with Crippen LogP contribution in [0.2, 0.25) is 0 Å². The van der Waals surface area contributed by atoms with Crippen molar-refractivity contribution < 1.29 is 19.1 Å². The number of esters is 2. The minimum atomic E-state index is -0.439. The maximum atomic E-state index is 11.4. The number of thioether (sulfide) groups is 1. The van der Waals surface area contributed by atoms with Crippen LogP contribution in [0.3, 0.4) is 0 Å². The summed E-state index contributed by atoms with van der Waals surface area (Å²) in [6, 6.07) is -0.338. The average molecular weight is 247 g/mol. The highest BCUT2D eigenvalue weighted by atomic mass is 32.2. The third kappa shape index (κ3) is 3.38. The summed E-state index contributed by atoms with van der Waals surface area (Å²) in [5.74, 6) is 0.0679. The first-order valence-electron chi connectivity index (χ1n) is 5.16. The van der Waals surface area contributed by atoms with Crippen molar-refractivity contribution in [2.45, 2.75) is 31.2 Å². The van der Waals surface area contributed by atoms with Gasteiger partial charge in [-0.2, -0.15) is 0 Å². The van der Waals surface area contributed by atoms with E-state index in [-0.39, 0.29) is 24.4 Å². The fourth-order valence-electron chi connectivity index (χ4n) is 1.58. The number of carbonyl (C=O) groups excluding carboxylic acids is 2. The zero-order valence-electron chi connectivity index (χ0n) is 9.74. The van der Waals surface area contributed by atoms with E-state index in [2.05, 4.69) is 10.1 Å². The quantitative estimate of drug-likeness (QED) is 0.731. The van der Waals surface area contributed by atoms with Crippen molar-refractivity contribution in [2.24, 2.45) is 0 Å². The molecule has 1 aliphatic heterocycles. The molecule has 1 N–H and O–H groups in total. The molecule has 16 heavy (non-hydrogen) atoms. The lowest BCUT2D eigenvalue weighted by Gasteiger charge is -2.22. The molecule has 0 spiro atoms. The summed E-state index contributed by atoms with van der Waals surface area (Å²) in [6.45, 7) is 4.03. The molecule has 0 aromatic carbocycles. The van der Waals surface area contributed by atoms with Gasteiger partial charge in [0, 0.05) is 5.75 Å². The van der Waals surface area contributed by atoms with Gasteiger partial charge < -0.3 is 9.47 Å². The molecule has 0 aromatic heterocycles. The van der Waals surface area contributed by atoms with Crippen molar-refractivity contribution in [2.75, 3.05) is 19.5 Å². The Morgan fingerprint density at radius 1 is 1.56 bits per heavy atom. The zero-order chi connectivity index (χ0) is 12.2. The summed E-state index contributed by atoms with van der Waals surface area (Å²) < 4.78 is 9.53. The van der Waals surface area contributed by atoms with Crippen LogP contribution in [-0.2, 0) is 19.1 Å². The molecule has 1 unspecified atom stereocenters. The monoisotopic (exact) mass is 247 g/mol. The van der Waals surface area contributed by atoms with Gasteiger partial charge in [-0.3, -0.25) is 14.9 Å². The van der Waals surface area contributed by atoms with Crippen LogP contribution in [0, 0.1) is 0 Å². The first-order valence-corrected chi connectivity index (χ1v) is 6.14. The Balaban J connectivity index is 2.49. The van der Waals surface area contributed by atoms with E-state index in [0.29, 0.717) is 12.4 Å². The molecule has 6 heteroatoms. The number of ether oxygens (including phenoxy) is 2. The standard InChI is InChI=1S/C10H17NO4S/c1-4-15-8(12)5-10(2)11-7(6-16-10)9(13)14-3/h7,11H,4-6H2,1-3H3/t7-,10?/m0/s1. The third-order valence-electron chi connectivity index (χ3n) is 2.32. The lowest BCUT2D eigenvalue weighted by Crippen LogP contribution is -2.45. The van der Waals surface area contributed by atoms with E-state index in [0.717, 1.165) is 0 Å². The zero-order valence-corrected chi connectivity index (χ0v) is 10.6. The van der Waals surface area contributed by atoms with Gasteiger partial charge in [-0.25, -0.2) is 0 Å². The molecule has 1 fully saturated rings. The summed E-state index contributed by atoms with van der Waals surface area (Å²) >= 11 is 1.54. The van der Waals surface area contributed by atoms with Crippen LogP contribution in [-0.4, -0.2) is 42.3 Å². The second-order valence-electron chi connectivity index (χ2n) is 3.74. The lowest BCUT2D eigenvalue weighted by atomic mass is 10.2. The predicted molar refractivity (Wildman–Crippen MR) is 61.1 cm³/mol. The van der Waals surface area contributed by atoms with Crippen molar-refractivity contribution in [3.8, 4) is 0 Å². The number of rotatable bonds is 4. The molecule has 0 aliphatic carbocycles. The van der Waals surface area contributed by atoms with Crippen LogP contribution >= 0.6 is 11.8 Å². The normalized spacial score (nSPS) is 28.8. The highest BCUT2D eigenvalue weighted by Crippen LogP contribution is 2.33. The van der Waals surface area contributed by atoms with E-state index in [4.69, 9.17) is 4.74 Å². The number of carbonyl (C=O) groups is 2. The van der Waals surface area contributed by atoms with Gasteiger partial charge in [-0.1, -0.05) is 0 Å². The van der Waals surface area contributed by atoms with Crippen LogP contribution in [0.5, 0.6) is 0 Å². The molecule has 1 rings (SSSR count). The number of hydrogen-bond acceptors (Lipinski definition) is 6. The van der Waals surface area contributed by atoms with Gasteiger partial charge in [-0.15, -0.1) is 11.8 Å². The van der Waals surface area contributed by atoms with E-state index in [1.54, 1.807) is 6.92 Å². The van der Waals surface area contributed by atoms with Gasteiger partial charge >= 0.3 is 11.9 Å². The molecule has 0 amide bonds. The number of methoxy groups -OCH3 is 1. The molecule has 92 valence electrons. The lowest BCUT2D eigenvalue weighted by molar-refractivity contribution is -0.145. The minimum absolute atomic E-state index is 0.249. The molecule has 0 radical (unpaired) electrons. The Morgan fingerprint density at radius 3 is 2.81 bits per heavy atom. The van der Waals surface area contributed by atoms with Crippen molar-refractivity contribution >= 4 is 23.7 Å². The highest BCUT2D eigenvalue weighted by Gasteiger charge is 2.40. The van der Waals surface area contributed by atoms with Gasteiger partial charge in [0.25, 0.3) is 0 Å². The Bertz CT molecular complexity index is 284. The number of hydrogen-bond donors (Lipinski definition) is 1. The molecule has 1 saturated heterocycles. The molecule has 1 aliphatic rings. The molecular formula is C10H17NO4S. The third-order valence-corrected chi connectivity index (χ3v) is 3.72. The summed E-state index contributed by atoms with van der Waals surface area (Å²) in [7, 11) is 1.36. The van der Waals surface area contributed by atoms with Crippen molar-refractivity contribution in [3.63, 3.8) is 0 Å². The second-order valence-corrected chi connectivity index (χ2v) is 5.27. The van der Waals surface area contributed by atoms with Gasteiger partial charge in [-0.05, 0) is 13.8 Å². The first kappa shape index (κ1) is 13.3. The Labute approximate surface area is 99.2 Å². The highest BCUT2D eigenvalue weighted by molar-refractivity contribution is 8.00. The Morgan fingerprint density at radius 2 is 2.25 bits per heavy atom. The topological polar surface area (TPSA) is 64.6 Å². The van der Waals surface area contributed by atoms with Crippen molar-refractivity contribution in [1.82, 2.24) is 5.32 Å². The molecule has 1 heterocycles. The molecular weight excluding hydrogens is 230 g/mol. The van der Waals surface area contributed by atoms with E-state index >= 15 is 0 Å². The Hall–Kier alpha value is -0.750. The average Bonchev–Trinajstić information content (AvgIpc) is 2.59. The van der Waals surface area contributed by atoms with Gasteiger partial charge in [0.2, 0.25) is 0 Å². The maximum Gasteiger partial charge on any atom is 0.323 e. The second kappa shape index (κ2) is 5.54. The molecule has 2 atom stereocenters. The van der Waals surface area contributed by atoms with Crippen molar-refractivity contribution in [1.29, 1.82) is 0 Å². The summed E-state index contributed by atoms with van der Waals surface area (Å²) in [5, 5.41) is 3.09. The largest absolute Gasteiger partial charge is 0.468 e. The molecule has 0 bridgehead atoms. The number of nitrogens with one attached hydrogen (secondary N) is 1. The van der Waals surface area contributed by atoms with Gasteiger partial charge in [0.05, 0.1) is 25.0 Å². The van der Waals surface area contributed by atoms with Crippen LogP contribution in [0.25, 0.3) is 0 Å². The maximum absolute atomic E-state index is 11.4. The molecule has 0 saturated carbocycles. The van der Waals surface area contributed by atoms with E-state index in [1.165, 1.54) is 18.9 Å². The molecule has 5 nitrogen and oxygen atoms in total. The SMILES string of the molecule is CCOC(=O)CC1(C)N[C@H](C(=O)OC)CS1. The van der Waals surface area contributed by atoms with Crippen LogP contribution < -0.4 is 5.32 Å². The fourth-order valence-corrected chi connectivity index (χ4v) is 2.78. The van der Waals surface area contributed by atoms with E-state index in [1.807, 2.05) is 6.92 Å². The van der Waals surface area contributed by atoms with Gasteiger partial charge in [0.15, 0.2) is 0 Å². The van der Waals surface area contributed by atoms with Crippen molar-refractivity contribution in [3.05, 3.63) is 0 Å². The first-order chi connectivity index (χ1) is 7.50. The van der Waals surface area contributed by atoms with E-state index < -0.39 is 4.87 Å². The minimum Gasteiger partial charge on any atom is -0.468 e. The molecule has 0 aromatic rings.